The molecular weight excluding hydrogens is 518 g/mol. The molecule has 1 aromatic carbocycles. The molecule has 2 fully saturated rings. The summed E-state index contributed by atoms with van der Waals surface area (Å²) in [6, 6.07) is 5.36. The first-order valence-corrected chi connectivity index (χ1v) is 14.8. The van der Waals surface area contributed by atoms with Gasteiger partial charge >= 0.3 is 5.97 Å². The molecule has 1 amide bonds. The van der Waals surface area contributed by atoms with E-state index in [0.717, 1.165) is 75.8 Å². The molecule has 1 N–H and O–H groups in total. The fourth-order valence-corrected chi connectivity index (χ4v) is 6.14. The second-order valence-corrected chi connectivity index (χ2v) is 11.6. The second-order valence-electron chi connectivity index (χ2n) is 10.9. The number of hydrogen-bond donors (Lipinski definition) is 1. The summed E-state index contributed by atoms with van der Waals surface area (Å²) in [6.07, 6.45) is 6.82. The molecule has 1 aromatic rings. The molecule has 3 aliphatic rings. The third-order valence-corrected chi connectivity index (χ3v) is 8.60. The van der Waals surface area contributed by atoms with Crippen molar-refractivity contribution in [3.63, 3.8) is 0 Å². The van der Waals surface area contributed by atoms with Gasteiger partial charge in [-0.2, -0.15) is 0 Å². The molecule has 0 aromatic heterocycles. The fraction of sp³-hybridized carbons (Fsp3) is 0.643. The number of cyclic esters (lactones) is 1. The maximum absolute atomic E-state index is 13.3. The molecule has 0 saturated carbocycles. The number of unbranched alkanes of at least 4 members (excludes halogenated alkanes) is 4. The second kappa shape index (κ2) is 12.7. The monoisotopic (exact) mass is 559 g/mol. The van der Waals surface area contributed by atoms with Crippen LogP contribution in [0.25, 0.3) is 0 Å². The van der Waals surface area contributed by atoms with E-state index < -0.39 is 5.54 Å². The van der Waals surface area contributed by atoms with Crippen LogP contribution < -0.4 is 10.2 Å². The topological polar surface area (TPSA) is 68.4 Å². The van der Waals surface area contributed by atoms with E-state index in [-0.39, 0.29) is 18.5 Å². The first-order chi connectivity index (χ1) is 18.2. The molecular formula is C28H41N5O3S2. The van der Waals surface area contributed by atoms with Crippen molar-refractivity contribution in [1.82, 2.24) is 20.0 Å². The van der Waals surface area contributed by atoms with Crippen LogP contribution in [0.4, 0.5) is 5.69 Å². The average Bonchev–Trinajstić information content (AvgIpc) is 3.35. The molecule has 0 spiro atoms. The zero-order valence-electron chi connectivity index (χ0n) is 23.0. The summed E-state index contributed by atoms with van der Waals surface area (Å²) < 4.78 is 5.11. The van der Waals surface area contributed by atoms with Crippen molar-refractivity contribution in [2.24, 2.45) is 0 Å². The van der Waals surface area contributed by atoms with Crippen molar-refractivity contribution < 1.29 is 14.3 Å². The number of carbonyl (C=O) groups is 2. The highest BCUT2D eigenvalue weighted by atomic mass is 32.1. The average molecular weight is 560 g/mol. The summed E-state index contributed by atoms with van der Waals surface area (Å²) in [5.74, 6) is -0.346. The van der Waals surface area contributed by atoms with Crippen molar-refractivity contribution in [3.8, 4) is 0 Å². The third-order valence-electron chi connectivity index (χ3n) is 7.79. The number of rotatable bonds is 11. The van der Waals surface area contributed by atoms with E-state index in [9.17, 15) is 9.59 Å². The van der Waals surface area contributed by atoms with E-state index in [1.165, 1.54) is 19.3 Å². The predicted octanol–water partition coefficient (Wildman–Crippen LogP) is 3.92. The molecule has 8 nitrogen and oxygen atoms in total. The number of thiocarbonyl (C=S) groups is 2. The number of fused-ring (bicyclic) bond motifs is 1. The number of hydrogen-bond acceptors (Lipinski definition) is 6. The van der Waals surface area contributed by atoms with Crippen LogP contribution in [0, 0.1) is 0 Å². The van der Waals surface area contributed by atoms with Gasteiger partial charge in [-0.1, -0.05) is 26.2 Å². The first-order valence-electron chi connectivity index (χ1n) is 14.0. The Bertz CT molecular complexity index is 1050. The Kier molecular flexibility index (Phi) is 9.59. The lowest BCUT2D eigenvalue weighted by Crippen LogP contribution is -2.51. The largest absolute Gasteiger partial charge is 0.457 e. The standard InChI is InChI=1S/C28H41N5O3S2/c1-4-12-29-26(37)31-17-15-30(16-18-31)13-8-6-5-7-9-14-32-27(38)33(25(35)28(32,2)3)22-10-11-23-21(19-22)20-36-24(23)34/h10-11,19H,4-9,12-18,20H2,1-3H3,(H,29,37). The van der Waals surface area contributed by atoms with Gasteiger partial charge in [0.1, 0.15) is 12.1 Å². The van der Waals surface area contributed by atoms with Gasteiger partial charge in [0.05, 0.1) is 11.3 Å². The number of nitrogens with one attached hydrogen (secondary N) is 1. The van der Waals surface area contributed by atoms with Crippen LogP contribution in [0.3, 0.4) is 0 Å². The van der Waals surface area contributed by atoms with Crippen molar-refractivity contribution in [3.05, 3.63) is 29.3 Å². The van der Waals surface area contributed by atoms with Crippen LogP contribution in [0.1, 0.15) is 75.2 Å². The van der Waals surface area contributed by atoms with Crippen molar-refractivity contribution >= 4 is 52.2 Å². The Balaban J connectivity index is 1.16. The summed E-state index contributed by atoms with van der Waals surface area (Å²) >= 11 is 11.3. The molecule has 0 radical (unpaired) electrons. The third kappa shape index (κ3) is 6.29. The Morgan fingerprint density at radius 1 is 1.03 bits per heavy atom. The molecule has 10 heteroatoms. The van der Waals surface area contributed by atoms with Crippen molar-refractivity contribution in [1.29, 1.82) is 0 Å². The summed E-state index contributed by atoms with van der Waals surface area (Å²) in [4.78, 5) is 33.6. The van der Waals surface area contributed by atoms with E-state index >= 15 is 0 Å². The molecule has 3 aliphatic heterocycles. The van der Waals surface area contributed by atoms with E-state index in [1.54, 1.807) is 17.0 Å². The zero-order chi connectivity index (χ0) is 27.3. The molecule has 0 aliphatic carbocycles. The minimum atomic E-state index is -0.695. The van der Waals surface area contributed by atoms with E-state index in [2.05, 4.69) is 26.9 Å². The first kappa shape index (κ1) is 28.7. The minimum Gasteiger partial charge on any atom is -0.457 e. The highest BCUT2D eigenvalue weighted by Crippen LogP contribution is 2.34. The highest BCUT2D eigenvalue weighted by molar-refractivity contribution is 7.80. The molecule has 2 saturated heterocycles. The maximum atomic E-state index is 13.3. The molecule has 0 unspecified atom stereocenters. The SMILES string of the molecule is CCCNC(=S)N1CCN(CCCCCCCN2C(=S)N(c3ccc4c(c3)COC4=O)C(=O)C2(C)C)CC1. The summed E-state index contributed by atoms with van der Waals surface area (Å²) in [5, 5.41) is 4.76. The Morgan fingerprint density at radius 3 is 2.42 bits per heavy atom. The van der Waals surface area contributed by atoms with E-state index in [0.29, 0.717) is 16.4 Å². The smallest absolute Gasteiger partial charge is 0.338 e. The van der Waals surface area contributed by atoms with Gasteiger partial charge in [0.15, 0.2) is 10.2 Å². The van der Waals surface area contributed by atoms with Crippen LogP contribution in [0.2, 0.25) is 0 Å². The lowest BCUT2D eigenvalue weighted by atomic mass is 10.0. The summed E-state index contributed by atoms with van der Waals surface area (Å²) in [7, 11) is 0. The number of carbonyl (C=O) groups excluding carboxylic acids is 2. The van der Waals surface area contributed by atoms with Crippen LogP contribution in [-0.2, 0) is 16.1 Å². The molecule has 4 rings (SSSR count). The maximum Gasteiger partial charge on any atom is 0.338 e. The predicted molar refractivity (Wildman–Crippen MR) is 158 cm³/mol. The number of amides is 1. The van der Waals surface area contributed by atoms with E-state index in [1.807, 2.05) is 19.9 Å². The number of piperazine rings is 1. The highest BCUT2D eigenvalue weighted by Gasteiger charge is 2.49. The lowest BCUT2D eigenvalue weighted by molar-refractivity contribution is -0.123. The molecule has 0 atom stereocenters. The van der Waals surface area contributed by atoms with Gasteiger partial charge in [0, 0.05) is 44.8 Å². The molecule has 3 heterocycles. The normalized spacial score (nSPS) is 19.2. The van der Waals surface area contributed by atoms with Gasteiger partial charge in [0.2, 0.25) is 0 Å². The molecule has 38 heavy (non-hydrogen) atoms. The Labute approximate surface area is 237 Å². The van der Waals surface area contributed by atoms with Crippen LogP contribution in [-0.4, -0.2) is 88.2 Å². The lowest BCUT2D eigenvalue weighted by Gasteiger charge is -2.36. The van der Waals surface area contributed by atoms with Crippen LogP contribution in [0.15, 0.2) is 18.2 Å². The zero-order valence-corrected chi connectivity index (χ0v) is 24.6. The summed E-state index contributed by atoms with van der Waals surface area (Å²) in [5.41, 5.74) is 1.37. The van der Waals surface area contributed by atoms with Crippen LogP contribution >= 0.6 is 24.4 Å². The van der Waals surface area contributed by atoms with Gasteiger partial charge in [-0.05, 0) is 82.3 Å². The minimum absolute atomic E-state index is 0.0327. The number of ether oxygens (including phenoxy) is 1. The number of esters is 1. The molecule has 0 bridgehead atoms. The van der Waals surface area contributed by atoms with Crippen LogP contribution in [0.5, 0.6) is 0 Å². The number of anilines is 1. The van der Waals surface area contributed by atoms with Gasteiger partial charge < -0.3 is 19.9 Å². The molecule has 208 valence electrons. The quantitative estimate of drug-likeness (QED) is 0.247. The van der Waals surface area contributed by atoms with E-state index in [4.69, 9.17) is 29.2 Å². The van der Waals surface area contributed by atoms with Crippen molar-refractivity contribution in [2.45, 2.75) is 71.4 Å². The number of nitrogens with zero attached hydrogens (tertiary/aromatic N) is 4. The van der Waals surface area contributed by atoms with Gasteiger partial charge in [-0.15, -0.1) is 0 Å². The van der Waals surface area contributed by atoms with Gasteiger partial charge in [-0.25, -0.2) is 4.79 Å². The fourth-order valence-electron chi connectivity index (χ4n) is 5.35. The Morgan fingerprint density at radius 2 is 1.71 bits per heavy atom. The summed E-state index contributed by atoms with van der Waals surface area (Å²) in [6.45, 7) is 13.3. The Hall–Kier alpha value is -2.30. The number of benzene rings is 1. The van der Waals surface area contributed by atoms with Gasteiger partial charge in [-0.3, -0.25) is 14.6 Å². The van der Waals surface area contributed by atoms with Crippen molar-refractivity contribution in [2.75, 3.05) is 50.7 Å². The van der Waals surface area contributed by atoms with Gasteiger partial charge in [0.25, 0.3) is 5.91 Å².